The number of hydrogen-bond donors (Lipinski definition) is 2. The summed E-state index contributed by atoms with van der Waals surface area (Å²) in [4.78, 5) is 0. The van der Waals surface area contributed by atoms with E-state index in [1.54, 1.807) is 0 Å². The molecule has 1 aliphatic rings. The molecular formula is C26H44O3. The maximum atomic E-state index is 10.5. The fourth-order valence-corrected chi connectivity index (χ4v) is 4.36. The van der Waals surface area contributed by atoms with E-state index >= 15 is 0 Å². The largest absolute Gasteiger partial charge is 0.504 e. The number of aromatic hydroxyl groups is 2. The number of ether oxygens (including phenoxy) is 1. The molecule has 1 heterocycles. The molecule has 0 unspecified atom stereocenters. The summed E-state index contributed by atoms with van der Waals surface area (Å²) in [5.74, 6) is 1.60. The van der Waals surface area contributed by atoms with Crippen molar-refractivity contribution in [3.8, 4) is 23.0 Å². The van der Waals surface area contributed by atoms with Crippen molar-refractivity contribution in [3.63, 3.8) is 0 Å². The van der Waals surface area contributed by atoms with Gasteiger partial charge in [-0.2, -0.15) is 0 Å². The molecule has 0 aliphatic carbocycles. The zero-order chi connectivity index (χ0) is 20.9. The first-order valence-electron chi connectivity index (χ1n) is 12.5. The predicted molar refractivity (Wildman–Crippen MR) is 122 cm³/mol. The normalized spacial score (nSPS) is 12.1. The van der Waals surface area contributed by atoms with Gasteiger partial charge in [0.15, 0.2) is 11.5 Å². The molecule has 3 heteroatoms. The predicted octanol–water partition coefficient (Wildman–Crippen LogP) is 8.57. The Morgan fingerprint density at radius 1 is 0.483 bits per heavy atom. The molecule has 0 saturated carbocycles. The Morgan fingerprint density at radius 2 is 0.793 bits per heavy atom. The van der Waals surface area contributed by atoms with E-state index in [1.807, 2.05) is 0 Å². The second-order valence-corrected chi connectivity index (χ2v) is 8.86. The summed E-state index contributed by atoms with van der Waals surface area (Å²) >= 11 is 0. The van der Waals surface area contributed by atoms with E-state index in [1.165, 1.54) is 89.9 Å². The van der Waals surface area contributed by atoms with E-state index in [0.717, 1.165) is 36.8 Å². The summed E-state index contributed by atoms with van der Waals surface area (Å²) in [5, 5.41) is 21.1. The molecule has 3 nitrogen and oxygen atoms in total. The first kappa shape index (κ1) is 23.9. The van der Waals surface area contributed by atoms with Crippen LogP contribution in [0, 0.1) is 0 Å². The molecule has 1 aliphatic heterocycles. The highest BCUT2D eigenvalue weighted by Gasteiger charge is 2.35. The van der Waals surface area contributed by atoms with Crippen LogP contribution in [-0.2, 0) is 12.8 Å². The molecule has 166 valence electrons. The minimum Gasteiger partial charge on any atom is -0.504 e. The molecule has 0 radical (unpaired) electrons. The molecular weight excluding hydrogens is 360 g/mol. The third-order valence-corrected chi connectivity index (χ3v) is 6.30. The van der Waals surface area contributed by atoms with Gasteiger partial charge in [0.2, 0.25) is 11.5 Å². The highest BCUT2D eigenvalue weighted by atomic mass is 16.6. The maximum absolute atomic E-state index is 10.5. The summed E-state index contributed by atoms with van der Waals surface area (Å²) in [6.45, 7) is 4.51. The van der Waals surface area contributed by atoms with Crippen LogP contribution in [0.25, 0.3) is 0 Å². The van der Waals surface area contributed by atoms with E-state index in [2.05, 4.69) is 13.8 Å². The zero-order valence-electron chi connectivity index (χ0n) is 19.0. The van der Waals surface area contributed by atoms with E-state index in [9.17, 15) is 10.2 Å². The third kappa shape index (κ3) is 8.10. The summed E-state index contributed by atoms with van der Waals surface area (Å²) in [6.07, 6.45) is 22.1. The van der Waals surface area contributed by atoms with Crippen molar-refractivity contribution in [1.82, 2.24) is 0 Å². The van der Waals surface area contributed by atoms with Gasteiger partial charge >= 0.3 is 0 Å². The van der Waals surface area contributed by atoms with Crippen LogP contribution in [0.3, 0.4) is 0 Å². The Hall–Kier alpha value is -1.38. The Labute approximate surface area is 178 Å². The molecule has 0 saturated heterocycles. The molecule has 29 heavy (non-hydrogen) atoms. The Balaban J connectivity index is 1.73. The van der Waals surface area contributed by atoms with Crippen molar-refractivity contribution in [2.45, 2.75) is 129 Å². The topological polar surface area (TPSA) is 53.0 Å². The lowest BCUT2D eigenvalue weighted by Gasteiger charge is -2.11. The van der Waals surface area contributed by atoms with Crippen LogP contribution in [-0.4, -0.2) is 10.2 Å². The molecule has 0 atom stereocenters. The quantitative estimate of drug-likeness (QED) is 0.149. The first-order valence-corrected chi connectivity index (χ1v) is 12.5. The van der Waals surface area contributed by atoms with Crippen molar-refractivity contribution >= 4 is 0 Å². The van der Waals surface area contributed by atoms with Gasteiger partial charge in [0.05, 0.1) is 0 Å². The number of rotatable bonds is 18. The second kappa shape index (κ2) is 13.8. The number of fused-ring (bicyclic) bond motifs is 1. The van der Waals surface area contributed by atoms with Gasteiger partial charge in [0.25, 0.3) is 0 Å². The molecule has 2 rings (SSSR count). The molecule has 0 spiro atoms. The first-order chi connectivity index (χ1) is 14.2. The third-order valence-electron chi connectivity index (χ3n) is 6.30. The number of hydrogen-bond acceptors (Lipinski definition) is 3. The highest BCUT2D eigenvalue weighted by molar-refractivity contribution is 5.74. The monoisotopic (exact) mass is 404 g/mol. The van der Waals surface area contributed by atoms with Crippen molar-refractivity contribution in [2.24, 2.45) is 0 Å². The standard InChI is InChI=1S/C26H44O3/c1-3-5-7-9-11-13-15-17-19-21-22(24(28)26-25(29-26)23(21)27)20-18-16-14-12-10-8-6-4-2/h27-28H,3-20H2,1-2H3. The maximum Gasteiger partial charge on any atom is 0.216 e. The van der Waals surface area contributed by atoms with Crippen LogP contribution in [0.1, 0.15) is 128 Å². The lowest BCUT2D eigenvalue weighted by Crippen LogP contribution is -1.96. The number of phenolic OH excluding ortho intramolecular Hbond substituents is 2. The Kier molecular flexibility index (Phi) is 11.3. The van der Waals surface area contributed by atoms with Crippen molar-refractivity contribution < 1.29 is 14.9 Å². The lowest BCUT2D eigenvalue weighted by atomic mass is 9.94. The van der Waals surface area contributed by atoms with Crippen LogP contribution < -0.4 is 4.74 Å². The lowest BCUT2D eigenvalue weighted by molar-refractivity contribution is 0.451. The summed E-state index contributed by atoms with van der Waals surface area (Å²) in [7, 11) is 0. The van der Waals surface area contributed by atoms with Gasteiger partial charge in [-0.15, -0.1) is 0 Å². The zero-order valence-corrected chi connectivity index (χ0v) is 19.0. The van der Waals surface area contributed by atoms with Crippen molar-refractivity contribution in [3.05, 3.63) is 11.1 Å². The van der Waals surface area contributed by atoms with Crippen LogP contribution >= 0.6 is 0 Å². The van der Waals surface area contributed by atoms with E-state index < -0.39 is 0 Å². The average Bonchev–Trinajstić information content (AvgIpc) is 3.52. The highest BCUT2D eigenvalue weighted by Crippen LogP contribution is 2.61. The fraction of sp³-hybridized carbons (Fsp3) is 0.769. The van der Waals surface area contributed by atoms with Crippen LogP contribution in [0.15, 0.2) is 0 Å². The molecule has 2 N–H and O–H groups in total. The van der Waals surface area contributed by atoms with Gasteiger partial charge in [0.1, 0.15) is 0 Å². The SMILES string of the molecule is CCCCCCCCCCc1c(O)c2c(c(O)c1CCCCCCCCCC)O2. The molecule has 0 amide bonds. The second-order valence-electron chi connectivity index (χ2n) is 8.86. The Morgan fingerprint density at radius 3 is 1.14 bits per heavy atom. The van der Waals surface area contributed by atoms with E-state index in [4.69, 9.17) is 4.74 Å². The molecule has 1 aromatic rings. The van der Waals surface area contributed by atoms with Gasteiger partial charge < -0.3 is 14.9 Å². The smallest absolute Gasteiger partial charge is 0.216 e. The molecule has 0 bridgehead atoms. The number of benzene rings is 1. The molecule has 0 aromatic heterocycles. The molecule has 1 aromatic carbocycles. The Bertz CT molecular complexity index is 543. The van der Waals surface area contributed by atoms with E-state index in [0.29, 0.717) is 11.5 Å². The van der Waals surface area contributed by atoms with Crippen molar-refractivity contribution in [2.75, 3.05) is 0 Å². The summed E-state index contributed by atoms with van der Waals surface area (Å²) < 4.78 is 5.35. The number of unbranched alkanes of at least 4 members (excludes halogenated alkanes) is 14. The van der Waals surface area contributed by atoms with Crippen LogP contribution in [0.4, 0.5) is 0 Å². The minimum atomic E-state index is 0.287. The van der Waals surface area contributed by atoms with Gasteiger partial charge in [-0.3, -0.25) is 0 Å². The van der Waals surface area contributed by atoms with Crippen LogP contribution in [0.2, 0.25) is 0 Å². The van der Waals surface area contributed by atoms with Gasteiger partial charge in [0, 0.05) is 11.1 Å². The summed E-state index contributed by atoms with van der Waals surface area (Å²) in [6, 6.07) is 0. The average molecular weight is 405 g/mol. The van der Waals surface area contributed by atoms with Gasteiger partial charge in [-0.25, -0.2) is 0 Å². The van der Waals surface area contributed by atoms with E-state index in [-0.39, 0.29) is 11.5 Å². The van der Waals surface area contributed by atoms with Gasteiger partial charge in [-0.05, 0) is 25.7 Å². The van der Waals surface area contributed by atoms with Crippen LogP contribution in [0.5, 0.6) is 23.0 Å². The molecule has 0 fully saturated rings. The van der Waals surface area contributed by atoms with Crippen molar-refractivity contribution in [1.29, 1.82) is 0 Å². The van der Waals surface area contributed by atoms with Gasteiger partial charge in [-0.1, -0.05) is 104 Å². The fourth-order valence-electron chi connectivity index (χ4n) is 4.36. The minimum absolute atomic E-state index is 0.287. The number of phenols is 2. The summed E-state index contributed by atoms with van der Waals surface area (Å²) in [5.41, 5.74) is 1.88.